The van der Waals surface area contributed by atoms with Crippen LogP contribution in [0.25, 0.3) is 11.3 Å². The Hall–Kier alpha value is -2.44. The molecule has 17 heavy (non-hydrogen) atoms. The van der Waals surface area contributed by atoms with Gasteiger partial charge in [0, 0.05) is 0 Å². The lowest BCUT2D eigenvalue weighted by atomic mass is 10.2. The molecule has 0 spiro atoms. The maximum atomic E-state index is 13.1. The summed E-state index contributed by atoms with van der Waals surface area (Å²) in [6, 6.07) is 2.45. The number of aromatic nitrogens is 3. The highest BCUT2D eigenvalue weighted by atomic mass is 19.1. The molecule has 88 valence electrons. The van der Waals surface area contributed by atoms with E-state index in [4.69, 9.17) is 9.84 Å². The monoisotopic (exact) mass is 237 g/mol. The Morgan fingerprint density at radius 1 is 1.53 bits per heavy atom. The van der Waals surface area contributed by atoms with Crippen molar-refractivity contribution in [2.75, 3.05) is 7.11 Å². The molecule has 0 fully saturated rings. The van der Waals surface area contributed by atoms with E-state index in [2.05, 4.69) is 15.2 Å². The van der Waals surface area contributed by atoms with Crippen LogP contribution in [0.4, 0.5) is 4.39 Å². The van der Waals surface area contributed by atoms with Crippen LogP contribution in [0.1, 0.15) is 10.5 Å². The van der Waals surface area contributed by atoms with Crippen molar-refractivity contribution in [1.29, 1.82) is 0 Å². The van der Waals surface area contributed by atoms with E-state index in [1.807, 2.05) is 0 Å². The van der Waals surface area contributed by atoms with Crippen molar-refractivity contribution in [1.82, 2.24) is 15.2 Å². The number of nitrogens with one attached hydrogen (secondary N) is 1. The van der Waals surface area contributed by atoms with Crippen molar-refractivity contribution in [2.45, 2.75) is 0 Å². The van der Waals surface area contributed by atoms with E-state index >= 15 is 0 Å². The Morgan fingerprint density at radius 3 is 2.88 bits per heavy atom. The highest BCUT2D eigenvalue weighted by Crippen LogP contribution is 2.27. The number of aromatic carboxylic acids is 1. The van der Waals surface area contributed by atoms with Crippen LogP contribution in [0.3, 0.4) is 0 Å². The molecule has 2 rings (SSSR count). The van der Waals surface area contributed by atoms with E-state index in [1.165, 1.54) is 19.2 Å². The van der Waals surface area contributed by atoms with E-state index in [-0.39, 0.29) is 22.8 Å². The number of methoxy groups -OCH3 is 1. The van der Waals surface area contributed by atoms with E-state index in [9.17, 15) is 9.18 Å². The van der Waals surface area contributed by atoms with Gasteiger partial charge in [0.25, 0.3) is 0 Å². The molecule has 0 aliphatic carbocycles. The van der Waals surface area contributed by atoms with E-state index in [1.54, 1.807) is 0 Å². The topological polar surface area (TPSA) is 88.1 Å². The maximum absolute atomic E-state index is 13.1. The third-order valence-electron chi connectivity index (χ3n) is 2.10. The third-order valence-corrected chi connectivity index (χ3v) is 2.10. The Morgan fingerprint density at radius 2 is 2.29 bits per heavy atom. The standard InChI is InChI=1S/C10H8FN3O3/c1-17-9-6(2-5(11)4-12-9)7-3-8(10(15)16)14-13-7/h2-4H,1H3,(H,13,14)(H,15,16). The average molecular weight is 237 g/mol. The first-order valence-corrected chi connectivity index (χ1v) is 4.60. The van der Waals surface area contributed by atoms with Gasteiger partial charge in [0.1, 0.15) is 11.5 Å². The second kappa shape index (κ2) is 4.20. The first kappa shape index (κ1) is 11.1. The molecule has 6 nitrogen and oxygen atoms in total. The summed E-state index contributed by atoms with van der Waals surface area (Å²) in [4.78, 5) is 14.4. The predicted octanol–water partition coefficient (Wildman–Crippen LogP) is 1.32. The minimum atomic E-state index is -1.15. The summed E-state index contributed by atoms with van der Waals surface area (Å²) in [5, 5.41) is 14.8. The molecule has 0 atom stereocenters. The van der Waals surface area contributed by atoms with Crippen molar-refractivity contribution >= 4 is 5.97 Å². The van der Waals surface area contributed by atoms with Crippen LogP contribution in [0.15, 0.2) is 18.3 Å². The quantitative estimate of drug-likeness (QED) is 0.840. The Labute approximate surface area is 95.1 Å². The molecule has 0 bridgehead atoms. The van der Waals surface area contributed by atoms with Crippen LogP contribution in [0.2, 0.25) is 0 Å². The van der Waals surface area contributed by atoms with Crippen molar-refractivity contribution in [3.63, 3.8) is 0 Å². The summed E-state index contributed by atoms with van der Waals surface area (Å²) in [5.41, 5.74) is 0.453. The van der Waals surface area contributed by atoms with Gasteiger partial charge in [-0.3, -0.25) is 5.10 Å². The smallest absolute Gasteiger partial charge is 0.353 e. The van der Waals surface area contributed by atoms with Gasteiger partial charge in [-0.15, -0.1) is 0 Å². The fourth-order valence-electron chi connectivity index (χ4n) is 1.34. The fourth-order valence-corrected chi connectivity index (χ4v) is 1.34. The number of H-pyrrole nitrogens is 1. The summed E-state index contributed by atoms with van der Waals surface area (Å²) in [6.45, 7) is 0. The highest BCUT2D eigenvalue weighted by molar-refractivity contribution is 5.87. The van der Waals surface area contributed by atoms with E-state index in [0.717, 1.165) is 6.20 Å². The Bertz CT molecular complexity index is 568. The molecule has 2 N–H and O–H groups in total. The normalized spacial score (nSPS) is 10.2. The minimum absolute atomic E-state index is 0.0914. The lowest BCUT2D eigenvalue weighted by Crippen LogP contribution is -1.95. The van der Waals surface area contributed by atoms with Crippen LogP contribution >= 0.6 is 0 Å². The van der Waals surface area contributed by atoms with Crippen molar-refractivity contribution in [2.24, 2.45) is 0 Å². The summed E-state index contributed by atoms with van der Waals surface area (Å²) in [5.74, 6) is -1.53. The maximum Gasteiger partial charge on any atom is 0.353 e. The third kappa shape index (κ3) is 2.07. The molecule has 0 aliphatic heterocycles. The number of carboxylic acid groups (broad SMARTS) is 1. The summed E-state index contributed by atoms with van der Waals surface area (Å²) < 4.78 is 18.0. The zero-order valence-electron chi connectivity index (χ0n) is 8.77. The van der Waals surface area contributed by atoms with Crippen LogP contribution < -0.4 is 4.74 Å². The highest BCUT2D eigenvalue weighted by Gasteiger charge is 2.14. The molecular formula is C10H8FN3O3. The largest absolute Gasteiger partial charge is 0.481 e. The summed E-state index contributed by atoms with van der Waals surface area (Å²) in [7, 11) is 1.38. The summed E-state index contributed by atoms with van der Waals surface area (Å²) in [6.07, 6.45) is 1.01. The number of hydrogen-bond donors (Lipinski definition) is 2. The molecule has 0 radical (unpaired) electrons. The number of pyridine rings is 1. The lowest BCUT2D eigenvalue weighted by molar-refractivity contribution is 0.0690. The van der Waals surface area contributed by atoms with Gasteiger partial charge in [0.05, 0.1) is 24.6 Å². The van der Waals surface area contributed by atoms with Crippen molar-refractivity contribution in [3.05, 3.63) is 29.8 Å². The Balaban J connectivity index is 2.51. The lowest BCUT2D eigenvalue weighted by Gasteiger charge is -2.03. The second-order valence-electron chi connectivity index (χ2n) is 3.18. The number of halogens is 1. The Kier molecular flexibility index (Phi) is 2.73. The minimum Gasteiger partial charge on any atom is -0.481 e. The second-order valence-corrected chi connectivity index (χ2v) is 3.18. The first-order chi connectivity index (χ1) is 8.11. The number of rotatable bonds is 3. The van der Waals surface area contributed by atoms with Gasteiger partial charge in [-0.25, -0.2) is 14.2 Å². The fraction of sp³-hybridized carbons (Fsp3) is 0.100. The van der Waals surface area contributed by atoms with Gasteiger partial charge in [0.2, 0.25) is 5.88 Å². The number of ether oxygens (including phenoxy) is 1. The number of hydrogen-bond acceptors (Lipinski definition) is 4. The van der Waals surface area contributed by atoms with Gasteiger partial charge in [-0.05, 0) is 12.1 Å². The molecule has 7 heteroatoms. The first-order valence-electron chi connectivity index (χ1n) is 4.60. The summed E-state index contributed by atoms with van der Waals surface area (Å²) >= 11 is 0. The molecule has 2 aromatic heterocycles. The van der Waals surface area contributed by atoms with Gasteiger partial charge < -0.3 is 9.84 Å². The number of carbonyl (C=O) groups is 1. The zero-order valence-corrected chi connectivity index (χ0v) is 8.77. The molecule has 2 aromatic rings. The van der Waals surface area contributed by atoms with Crippen LogP contribution in [-0.2, 0) is 0 Å². The van der Waals surface area contributed by atoms with Crippen molar-refractivity contribution in [3.8, 4) is 17.1 Å². The SMILES string of the molecule is COc1ncc(F)cc1-c1cc(C(=O)O)[nH]n1. The van der Waals surface area contributed by atoms with Crippen LogP contribution in [0.5, 0.6) is 5.88 Å². The van der Waals surface area contributed by atoms with E-state index in [0.29, 0.717) is 0 Å². The predicted molar refractivity (Wildman–Crippen MR) is 55.3 cm³/mol. The molecule has 0 amide bonds. The number of nitrogens with zero attached hydrogens (tertiary/aromatic N) is 2. The van der Waals surface area contributed by atoms with Gasteiger partial charge in [0.15, 0.2) is 0 Å². The zero-order chi connectivity index (χ0) is 12.4. The van der Waals surface area contributed by atoms with Crippen LogP contribution in [0, 0.1) is 5.82 Å². The number of carboxylic acids is 1. The molecule has 0 unspecified atom stereocenters. The van der Waals surface area contributed by atoms with Gasteiger partial charge >= 0.3 is 5.97 Å². The van der Waals surface area contributed by atoms with Crippen LogP contribution in [-0.4, -0.2) is 33.4 Å². The van der Waals surface area contributed by atoms with E-state index < -0.39 is 11.8 Å². The van der Waals surface area contributed by atoms with Crippen molar-refractivity contribution < 1.29 is 19.0 Å². The number of aromatic amines is 1. The molecule has 0 saturated heterocycles. The molecule has 0 aliphatic rings. The molecular weight excluding hydrogens is 229 g/mol. The molecule has 2 heterocycles. The van der Waals surface area contributed by atoms with Gasteiger partial charge in [-0.2, -0.15) is 5.10 Å². The average Bonchev–Trinajstić information content (AvgIpc) is 2.78. The molecule has 0 aromatic carbocycles. The van der Waals surface area contributed by atoms with Gasteiger partial charge in [-0.1, -0.05) is 0 Å². The molecule has 0 saturated carbocycles.